The quantitative estimate of drug-likeness (QED) is 0.469. The van der Waals surface area contributed by atoms with Crippen LogP contribution in [0.25, 0.3) is 0 Å². The number of carbonyl (C=O) groups is 1. The lowest BCUT2D eigenvalue weighted by Crippen LogP contribution is -2.42. The molecule has 0 bridgehead atoms. The van der Waals surface area contributed by atoms with Crippen LogP contribution in [-0.4, -0.2) is 31.1 Å². The zero-order valence-electron chi connectivity index (χ0n) is 10.2. The summed E-state index contributed by atoms with van der Waals surface area (Å²) in [6, 6.07) is 5.34. The molecule has 1 heterocycles. The molecule has 0 N–H and O–H groups in total. The highest BCUT2D eigenvalue weighted by Crippen LogP contribution is 2.23. The third-order valence-electron chi connectivity index (χ3n) is 2.77. The van der Waals surface area contributed by atoms with Crippen LogP contribution in [0, 0.1) is 10.1 Å². The van der Waals surface area contributed by atoms with Gasteiger partial charge in [0.2, 0.25) is 0 Å². The van der Waals surface area contributed by atoms with E-state index in [0.717, 1.165) is 0 Å². The maximum Gasteiger partial charge on any atom is 0.282 e. The van der Waals surface area contributed by atoms with Gasteiger partial charge in [0.15, 0.2) is 0 Å². The van der Waals surface area contributed by atoms with Gasteiger partial charge >= 0.3 is 0 Å². The third-order valence-corrected chi connectivity index (χ3v) is 4.19. The highest BCUT2D eigenvalue weighted by Gasteiger charge is 2.31. The van der Waals surface area contributed by atoms with E-state index in [-0.39, 0.29) is 23.0 Å². The van der Waals surface area contributed by atoms with Crippen LogP contribution in [0.1, 0.15) is 17.3 Å². The minimum absolute atomic E-state index is 0.0389. The van der Waals surface area contributed by atoms with Crippen LogP contribution in [0.4, 0.5) is 5.69 Å². The number of nitro groups is 1. The van der Waals surface area contributed by atoms with Crippen molar-refractivity contribution >= 4 is 22.6 Å². The minimum atomic E-state index is -1.49. The fourth-order valence-electron chi connectivity index (χ4n) is 1.89. The fraction of sp³-hybridized carbons (Fsp3) is 0.250. The molecule has 19 heavy (non-hydrogen) atoms. The van der Waals surface area contributed by atoms with Gasteiger partial charge in [0.25, 0.3) is 11.6 Å². The van der Waals surface area contributed by atoms with Crippen molar-refractivity contribution < 1.29 is 13.9 Å². The first-order chi connectivity index (χ1) is 9.02. The summed E-state index contributed by atoms with van der Waals surface area (Å²) < 4.78 is 13.1. The number of nitro benzene ring substituents is 1. The highest BCUT2D eigenvalue weighted by atomic mass is 32.2. The van der Waals surface area contributed by atoms with Crippen LogP contribution in [0.5, 0.6) is 0 Å². The van der Waals surface area contributed by atoms with Crippen LogP contribution in [0.15, 0.2) is 36.4 Å². The minimum Gasteiger partial charge on any atom is -0.268 e. The SMILES string of the molecule is CC1C=CCS(=O)N1C(=O)c1ccccc1[N+](=O)[O-]. The van der Waals surface area contributed by atoms with Gasteiger partial charge in [0, 0.05) is 6.07 Å². The smallest absolute Gasteiger partial charge is 0.268 e. The van der Waals surface area contributed by atoms with Gasteiger partial charge < -0.3 is 0 Å². The Morgan fingerprint density at radius 3 is 2.79 bits per heavy atom. The maximum atomic E-state index is 12.3. The number of amides is 1. The number of para-hydroxylation sites is 1. The first-order valence-electron chi connectivity index (χ1n) is 5.64. The average molecular weight is 280 g/mol. The first kappa shape index (κ1) is 13.4. The first-order valence-corrected chi connectivity index (χ1v) is 6.92. The van der Waals surface area contributed by atoms with E-state index in [9.17, 15) is 19.1 Å². The Morgan fingerprint density at radius 2 is 2.16 bits per heavy atom. The van der Waals surface area contributed by atoms with Gasteiger partial charge in [-0.25, -0.2) is 4.21 Å². The largest absolute Gasteiger partial charge is 0.282 e. The fourth-order valence-corrected chi connectivity index (χ4v) is 3.05. The molecule has 100 valence electrons. The Labute approximate surface area is 112 Å². The van der Waals surface area contributed by atoms with Gasteiger partial charge in [-0.05, 0) is 13.0 Å². The van der Waals surface area contributed by atoms with E-state index in [0.29, 0.717) is 0 Å². The molecule has 6 nitrogen and oxygen atoms in total. The van der Waals surface area contributed by atoms with Crippen molar-refractivity contribution in [1.82, 2.24) is 4.31 Å². The van der Waals surface area contributed by atoms with Gasteiger partial charge in [-0.15, -0.1) is 0 Å². The summed E-state index contributed by atoms with van der Waals surface area (Å²) in [5, 5.41) is 10.9. The van der Waals surface area contributed by atoms with Gasteiger partial charge in [-0.3, -0.25) is 19.2 Å². The van der Waals surface area contributed by atoms with Gasteiger partial charge in [-0.2, -0.15) is 0 Å². The predicted molar refractivity (Wildman–Crippen MR) is 70.9 cm³/mol. The van der Waals surface area contributed by atoms with Crippen molar-refractivity contribution in [2.45, 2.75) is 13.0 Å². The Kier molecular flexibility index (Phi) is 3.75. The molecule has 2 rings (SSSR count). The molecule has 7 heteroatoms. The number of rotatable bonds is 2. The molecule has 0 saturated carbocycles. The molecule has 1 aliphatic rings. The average Bonchev–Trinajstić information content (AvgIpc) is 2.38. The molecular formula is C12H12N2O4S. The summed E-state index contributed by atoms with van der Waals surface area (Å²) in [6.45, 7) is 1.72. The van der Waals surface area contributed by atoms with Crippen LogP contribution in [-0.2, 0) is 11.0 Å². The second-order valence-corrected chi connectivity index (χ2v) is 5.43. The third kappa shape index (κ3) is 2.55. The van der Waals surface area contributed by atoms with Gasteiger partial charge in [0.1, 0.15) is 16.5 Å². The number of benzene rings is 1. The van der Waals surface area contributed by atoms with E-state index in [1.807, 2.05) is 0 Å². The molecule has 1 aliphatic heterocycles. The number of nitrogens with zero attached hydrogens (tertiary/aromatic N) is 2. The molecule has 0 saturated heterocycles. The van der Waals surface area contributed by atoms with E-state index < -0.39 is 21.8 Å². The van der Waals surface area contributed by atoms with Crippen LogP contribution in [0.2, 0.25) is 0 Å². The van der Waals surface area contributed by atoms with Crippen LogP contribution in [0.3, 0.4) is 0 Å². The zero-order chi connectivity index (χ0) is 14.0. The van der Waals surface area contributed by atoms with E-state index in [1.165, 1.54) is 22.5 Å². The molecule has 0 aromatic heterocycles. The van der Waals surface area contributed by atoms with Gasteiger partial charge in [-0.1, -0.05) is 24.3 Å². The van der Waals surface area contributed by atoms with Crippen LogP contribution < -0.4 is 0 Å². The summed E-state index contributed by atoms with van der Waals surface area (Å²) in [5.74, 6) is -0.334. The topological polar surface area (TPSA) is 80.5 Å². The zero-order valence-corrected chi connectivity index (χ0v) is 11.0. The second-order valence-electron chi connectivity index (χ2n) is 4.06. The molecule has 2 unspecified atom stereocenters. The lowest BCUT2D eigenvalue weighted by atomic mass is 10.1. The van der Waals surface area contributed by atoms with Crippen molar-refractivity contribution in [1.29, 1.82) is 0 Å². The highest BCUT2D eigenvalue weighted by molar-refractivity contribution is 7.83. The molecule has 0 aliphatic carbocycles. The molecule has 0 spiro atoms. The van der Waals surface area contributed by atoms with E-state index in [4.69, 9.17) is 0 Å². The van der Waals surface area contributed by atoms with Gasteiger partial charge in [0.05, 0.1) is 16.7 Å². The predicted octanol–water partition coefficient (Wildman–Crippen LogP) is 1.66. The van der Waals surface area contributed by atoms with Crippen LogP contribution >= 0.6 is 0 Å². The van der Waals surface area contributed by atoms with E-state index in [1.54, 1.807) is 25.1 Å². The molecule has 0 fully saturated rings. The van der Waals surface area contributed by atoms with Crippen molar-refractivity contribution in [2.24, 2.45) is 0 Å². The standard InChI is InChI=1S/C12H12N2O4S/c1-9-5-4-8-19(18)13(9)12(15)10-6-2-3-7-11(10)14(16)17/h2-7,9H,8H2,1H3. The Morgan fingerprint density at radius 1 is 1.47 bits per heavy atom. The van der Waals surface area contributed by atoms with E-state index in [2.05, 4.69) is 0 Å². The summed E-state index contributed by atoms with van der Waals surface area (Å²) in [5.41, 5.74) is -0.311. The van der Waals surface area contributed by atoms with Crippen molar-refractivity contribution in [3.63, 3.8) is 0 Å². The van der Waals surface area contributed by atoms with Crippen molar-refractivity contribution in [3.05, 3.63) is 52.1 Å². The Balaban J connectivity index is 2.42. The Hall–Kier alpha value is -2.02. The summed E-state index contributed by atoms with van der Waals surface area (Å²) >= 11 is 0. The summed E-state index contributed by atoms with van der Waals surface area (Å²) in [6.07, 6.45) is 3.50. The molecule has 0 radical (unpaired) electrons. The molecule has 1 aromatic carbocycles. The van der Waals surface area contributed by atoms with E-state index >= 15 is 0 Å². The van der Waals surface area contributed by atoms with Crippen molar-refractivity contribution in [3.8, 4) is 0 Å². The monoisotopic (exact) mass is 280 g/mol. The normalized spacial score (nSPS) is 22.3. The van der Waals surface area contributed by atoms with Crippen molar-refractivity contribution in [2.75, 3.05) is 5.75 Å². The molecule has 1 aromatic rings. The Bertz CT molecular complexity index is 585. The number of hydrogen-bond donors (Lipinski definition) is 0. The maximum absolute atomic E-state index is 12.3. The molecular weight excluding hydrogens is 268 g/mol. The lowest BCUT2D eigenvalue weighted by Gasteiger charge is -2.28. The summed E-state index contributed by atoms with van der Waals surface area (Å²) in [4.78, 5) is 22.6. The number of carbonyl (C=O) groups excluding carboxylic acids is 1. The summed E-state index contributed by atoms with van der Waals surface area (Å²) in [7, 11) is -1.49. The second kappa shape index (κ2) is 5.31. The molecule has 1 amide bonds. The molecule has 2 atom stereocenters. The lowest BCUT2D eigenvalue weighted by molar-refractivity contribution is -0.385. The number of hydrogen-bond acceptors (Lipinski definition) is 4.